The van der Waals surface area contributed by atoms with E-state index in [1.807, 2.05) is 56.3 Å². The number of aryl methyl sites for hydroxylation is 2. The molecule has 0 amide bonds. The summed E-state index contributed by atoms with van der Waals surface area (Å²) in [6.45, 7) is 4.68. The molecule has 4 aromatic rings. The summed E-state index contributed by atoms with van der Waals surface area (Å²) < 4.78 is 12.1. The van der Waals surface area contributed by atoms with Gasteiger partial charge >= 0.3 is 5.97 Å². The predicted molar refractivity (Wildman–Crippen MR) is 121 cm³/mol. The first-order valence-electron chi connectivity index (χ1n) is 10.2. The van der Waals surface area contributed by atoms with Gasteiger partial charge in [0.2, 0.25) is 0 Å². The van der Waals surface area contributed by atoms with E-state index >= 15 is 0 Å². The predicted octanol–water partition coefficient (Wildman–Crippen LogP) is 5.38. The third-order valence-electron chi connectivity index (χ3n) is 5.23. The second-order valence-corrected chi connectivity index (χ2v) is 7.79. The monoisotopic (exact) mass is 415 g/mol. The van der Waals surface area contributed by atoms with Crippen molar-refractivity contribution in [2.24, 2.45) is 5.73 Å². The van der Waals surface area contributed by atoms with Gasteiger partial charge in [0, 0.05) is 23.1 Å². The molecule has 158 valence electrons. The highest BCUT2D eigenvalue weighted by molar-refractivity contribution is 5.93. The molecule has 0 aliphatic heterocycles. The zero-order valence-corrected chi connectivity index (χ0v) is 17.6. The van der Waals surface area contributed by atoms with Crippen LogP contribution in [-0.4, -0.2) is 11.1 Å². The molecule has 3 aromatic carbocycles. The number of hydrogen-bond donors (Lipinski definition) is 2. The van der Waals surface area contributed by atoms with E-state index in [1.54, 1.807) is 0 Å². The molecule has 1 aromatic heterocycles. The van der Waals surface area contributed by atoms with Crippen molar-refractivity contribution >= 4 is 16.9 Å². The molecule has 0 aliphatic carbocycles. The first-order chi connectivity index (χ1) is 14.9. The Morgan fingerprint density at radius 3 is 2.65 bits per heavy atom. The van der Waals surface area contributed by atoms with E-state index in [9.17, 15) is 9.90 Å². The maximum absolute atomic E-state index is 11.2. The van der Waals surface area contributed by atoms with Gasteiger partial charge in [-0.1, -0.05) is 30.3 Å². The number of nitrogens with two attached hydrogens (primary N) is 1. The summed E-state index contributed by atoms with van der Waals surface area (Å²) in [5.74, 6) is 0.551. The van der Waals surface area contributed by atoms with Crippen LogP contribution in [0, 0.1) is 13.8 Å². The van der Waals surface area contributed by atoms with Crippen LogP contribution in [0.3, 0.4) is 0 Å². The Bertz CT molecular complexity index is 1260. The Hall–Kier alpha value is -3.57. The van der Waals surface area contributed by atoms with Crippen molar-refractivity contribution in [3.8, 4) is 16.9 Å². The van der Waals surface area contributed by atoms with Gasteiger partial charge in [0.25, 0.3) is 0 Å². The van der Waals surface area contributed by atoms with Gasteiger partial charge in [0.05, 0.1) is 6.42 Å². The molecule has 0 radical (unpaired) electrons. The normalized spacial score (nSPS) is 11.1. The topological polar surface area (TPSA) is 85.7 Å². The van der Waals surface area contributed by atoms with Gasteiger partial charge in [-0.3, -0.25) is 4.79 Å². The molecule has 0 saturated heterocycles. The van der Waals surface area contributed by atoms with Crippen molar-refractivity contribution in [1.29, 1.82) is 0 Å². The summed E-state index contributed by atoms with van der Waals surface area (Å²) in [7, 11) is 0. The second-order valence-electron chi connectivity index (χ2n) is 7.79. The quantitative estimate of drug-likeness (QED) is 0.423. The van der Waals surface area contributed by atoms with E-state index in [0.29, 0.717) is 24.5 Å². The Balaban J connectivity index is 1.71. The molecule has 5 nitrogen and oxygen atoms in total. The van der Waals surface area contributed by atoms with Crippen LogP contribution in [0.5, 0.6) is 5.75 Å². The van der Waals surface area contributed by atoms with Crippen molar-refractivity contribution in [2.45, 2.75) is 33.4 Å². The number of carboxylic acid groups (broad SMARTS) is 1. The number of furan rings is 1. The Kier molecular flexibility index (Phi) is 5.78. The largest absolute Gasteiger partial charge is 0.489 e. The van der Waals surface area contributed by atoms with Crippen LogP contribution in [0.1, 0.15) is 28.0 Å². The minimum Gasteiger partial charge on any atom is -0.489 e. The lowest BCUT2D eigenvalue weighted by Gasteiger charge is -2.13. The summed E-state index contributed by atoms with van der Waals surface area (Å²) in [6, 6.07) is 19.8. The molecule has 4 rings (SSSR count). The molecule has 0 bridgehead atoms. The smallest absolute Gasteiger partial charge is 0.307 e. The second kappa shape index (κ2) is 8.66. The standard InChI is InChI=1S/C26H25NO4/c1-16-6-7-21(13-25(28)29)24(8-16)30-15-19-11-22-9-17(2)31-26(22)23(12-19)20-5-3-4-18(10-20)14-27/h3-12H,13-15,27H2,1-2H3,(H,28,29). The number of fused-ring (bicyclic) bond motifs is 1. The molecule has 3 N–H and O–H groups in total. The minimum atomic E-state index is -0.883. The van der Waals surface area contributed by atoms with Gasteiger partial charge < -0.3 is 20.0 Å². The van der Waals surface area contributed by atoms with Crippen LogP contribution in [0.2, 0.25) is 0 Å². The summed E-state index contributed by atoms with van der Waals surface area (Å²) in [4.78, 5) is 11.2. The average molecular weight is 415 g/mol. The Labute approximate surface area is 181 Å². The van der Waals surface area contributed by atoms with Crippen molar-refractivity contribution in [3.63, 3.8) is 0 Å². The fourth-order valence-electron chi connectivity index (χ4n) is 3.77. The number of rotatable bonds is 7. The van der Waals surface area contributed by atoms with E-state index in [2.05, 4.69) is 18.2 Å². The molecule has 0 fully saturated rings. The summed E-state index contributed by atoms with van der Waals surface area (Å²) in [6.07, 6.45) is -0.0767. The third-order valence-corrected chi connectivity index (χ3v) is 5.23. The molecule has 5 heteroatoms. The number of carbonyl (C=O) groups is 1. The number of benzene rings is 3. The van der Waals surface area contributed by atoms with E-state index in [1.165, 1.54) is 0 Å². The molecule has 0 unspecified atom stereocenters. The summed E-state index contributed by atoms with van der Waals surface area (Å²) in [5.41, 5.74) is 12.4. The lowest BCUT2D eigenvalue weighted by molar-refractivity contribution is -0.136. The first-order valence-corrected chi connectivity index (χ1v) is 10.2. The highest BCUT2D eigenvalue weighted by Gasteiger charge is 2.13. The van der Waals surface area contributed by atoms with Crippen molar-refractivity contribution < 1.29 is 19.1 Å². The van der Waals surface area contributed by atoms with Crippen molar-refractivity contribution in [3.05, 3.63) is 88.7 Å². The van der Waals surface area contributed by atoms with Crippen molar-refractivity contribution in [2.75, 3.05) is 0 Å². The van der Waals surface area contributed by atoms with Crippen LogP contribution in [-0.2, 0) is 24.4 Å². The lowest BCUT2D eigenvalue weighted by Crippen LogP contribution is -2.04. The highest BCUT2D eigenvalue weighted by Crippen LogP contribution is 2.33. The van der Waals surface area contributed by atoms with E-state index in [-0.39, 0.29) is 6.42 Å². The van der Waals surface area contributed by atoms with Crippen LogP contribution in [0.4, 0.5) is 0 Å². The maximum atomic E-state index is 11.2. The molecule has 31 heavy (non-hydrogen) atoms. The highest BCUT2D eigenvalue weighted by atomic mass is 16.5. The number of carboxylic acids is 1. The zero-order valence-electron chi connectivity index (χ0n) is 17.6. The van der Waals surface area contributed by atoms with Crippen molar-refractivity contribution in [1.82, 2.24) is 0 Å². The third kappa shape index (κ3) is 4.62. The van der Waals surface area contributed by atoms with Gasteiger partial charge in [-0.05, 0) is 66.4 Å². The summed E-state index contributed by atoms with van der Waals surface area (Å²) >= 11 is 0. The maximum Gasteiger partial charge on any atom is 0.307 e. The van der Waals surface area contributed by atoms with E-state index < -0.39 is 5.97 Å². The molecule has 0 aliphatic rings. The van der Waals surface area contributed by atoms with E-state index in [0.717, 1.165) is 44.5 Å². The Morgan fingerprint density at radius 1 is 1.03 bits per heavy atom. The number of hydrogen-bond acceptors (Lipinski definition) is 4. The fourth-order valence-corrected chi connectivity index (χ4v) is 3.77. The number of ether oxygens (including phenoxy) is 1. The zero-order chi connectivity index (χ0) is 22.0. The molecule has 0 saturated carbocycles. The average Bonchev–Trinajstić information content (AvgIpc) is 3.13. The van der Waals surface area contributed by atoms with Crippen LogP contribution in [0.15, 0.2) is 65.1 Å². The van der Waals surface area contributed by atoms with Crippen LogP contribution in [0.25, 0.3) is 22.1 Å². The van der Waals surface area contributed by atoms with Gasteiger partial charge in [-0.2, -0.15) is 0 Å². The fraction of sp³-hybridized carbons (Fsp3) is 0.192. The molecule has 1 heterocycles. The van der Waals surface area contributed by atoms with Gasteiger partial charge in [0.15, 0.2) is 0 Å². The SMILES string of the molecule is Cc1ccc(CC(=O)O)c(OCc2cc(-c3cccc(CN)c3)c3oc(C)cc3c2)c1. The van der Waals surface area contributed by atoms with Gasteiger partial charge in [-0.15, -0.1) is 0 Å². The summed E-state index contributed by atoms with van der Waals surface area (Å²) in [5, 5.41) is 10.2. The first kappa shape index (κ1) is 20.7. The molecular weight excluding hydrogens is 390 g/mol. The minimum absolute atomic E-state index is 0.0767. The van der Waals surface area contributed by atoms with Gasteiger partial charge in [-0.25, -0.2) is 0 Å². The lowest BCUT2D eigenvalue weighted by atomic mass is 9.99. The molecule has 0 atom stereocenters. The molecule has 0 spiro atoms. The van der Waals surface area contributed by atoms with Gasteiger partial charge in [0.1, 0.15) is 23.7 Å². The number of aliphatic carboxylic acids is 1. The van der Waals surface area contributed by atoms with E-state index in [4.69, 9.17) is 14.9 Å². The van der Waals surface area contributed by atoms with Crippen LogP contribution < -0.4 is 10.5 Å². The Morgan fingerprint density at radius 2 is 1.87 bits per heavy atom. The molecular formula is C26H25NO4. The van der Waals surface area contributed by atoms with Crippen LogP contribution >= 0.6 is 0 Å².